The lowest BCUT2D eigenvalue weighted by Crippen LogP contribution is -2.50. The smallest absolute Gasteiger partial charge is 0.243 e. The Hall–Kier alpha value is -3.56. The second kappa shape index (κ2) is 13.7. The third-order valence-electron chi connectivity index (χ3n) is 7.14. The first-order valence-electron chi connectivity index (χ1n) is 13.7. The topological polar surface area (TPSA) is 86.8 Å². The summed E-state index contributed by atoms with van der Waals surface area (Å²) in [6, 6.07) is 21.4. The minimum absolute atomic E-state index is 0.129. The number of sulfonamides is 1. The molecule has 40 heavy (non-hydrogen) atoms. The van der Waals surface area contributed by atoms with Gasteiger partial charge < -0.3 is 10.2 Å². The molecule has 1 heterocycles. The molecule has 3 aromatic rings. The van der Waals surface area contributed by atoms with E-state index in [-0.39, 0.29) is 35.5 Å². The molecule has 0 bridgehead atoms. The number of likely N-dealkylation sites (N-methyl/N-ethyl adjacent to an activating group) is 1. The molecule has 0 unspecified atom stereocenters. The fourth-order valence-electron chi connectivity index (χ4n) is 4.93. The van der Waals surface area contributed by atoms with Crippen LogP contribution in [-0.2, 0) is 39.0 Å². The Balaban J connectivity index is 1.53. The highest BCUT2D eigenvalue weighted by molar-refractivity contribution is 7.89. The van der Waals surface area contributed by atoms with Gasteiger partial charge >= 0.3 is 0 Å². The fraction of sp³-hybridized carbons (Fsp3) is 0.355. The van der Waals surface area contributed by atoms with Crippen LogP contribution in [0.1, 0.15) is 42.9 Å². The van der Waals surface area contributed by atoms with Gasteiger partial charge in [0.2, 0.25) is 21.8 Å². The number of nitrogens with one attached hydrogen (secondary N) is 1. The van der Waals surface area contributed by atoms with E-state index in [9.17, 15) is 22.4 Å². The van der Waals surface area contributed by atoms with E-state index in [1.54, 1.807) is 41.3 Å². The van der Waals surface area contributed by atoms with Crippen molar-refractivity contribution in [3.8, 4) is 0 Å². The molecule has 0 spiro atoms. The number of nitrogens with zero attached hydrogens (tertiary/aromatic N) is 2. The number of carbonyl (C=O) groups excluding carboxylic acids is 2. The van der Waals surface area contributed by atoms with Crippen molar-refractivity contribution in [1.82, 2.24) is 14.5 Å². The average Bonchev–Trinajstić information content (AvgIpc) is 3.52. The zero-order valence-corrected chi connectivity index (χ0v) is 23.6. The van der Waals surface area contributed by atoms with E-state index in [4.69, 9.17) is 0 Å². The van der Waals surface area contributed by atoms with Gasteiger partial charge in [-0.15, -0.1) is 0 Å². The number of hydrogen-bond donors (Lipinski definition) is 1. The second-order valence-corrected chi connectivity index (χ2v) is 11.9. The summed E-state index contributed by atoms with van der Waals surface area (Å²) in [5, 5.41) is 2.86. The van der Waals surface area contributed by atoms with E-state index >= 15 is 0 Å². The quantitative estimate of drug-likeness (QED) is 0.355. The molecule has 7 nitrogen and oxygen atoms in total. The molecule has 0 saturated carbocycles. The average molecular weight is 566 g/mol. The standard InChI is InChI=1S/C31H36FN3O4S/c1-2-33-31(37)29(22-25-8-4-3-5-9-25)35(23-26-10-15-27(32)16-11-26)30(36)19-14-24-12-17-28(18-13-24)40(38,39)34-20-6-7-21-34/h3-5,8-13,15-18,29H,2,6-7,14,19-23H2,1H3,(H,33,37)/t29-/m1/s1. The Labute approximate surface area is 236 Å². The second-order valence-electron chi connectivity index (χ2n) is 10.0. The van der Waals surface area contributed by atoms with Gasteiger partial charge in [0.1, 0.15) is 11.9 Å². The van der Waals surface area contributed by atoms with E-state index < -0.39 is 16.1 Å². The van der Waals surface area contributed by atoms with Gasteiger partial charge in [-0.3, -0.25) is 9.59 Å². The van der Waals surface area contributed by atoms with Gasteiger partial charge in [-0.2, -0.15) is 4.31 Å². The Morgan fingerprint density at radius 2 is 1.52 bits per heavy atom. The van der Waals surface area contributed by atoms with E-state index in [1.165, 1.54) is 16.4 Å². The molecule has 1 atom stereocenters. The Bertz CT molecular complexity index is 1370. The van der Waals surface area contributed by atoms with Crippen molar-refractivity contribution in [3.63, 3.8) is 0 Å². The molecule has 9 heteroatoms. The number of benzene rings is 3. The van der Waals surface area contributed by atoms with Crippen LogP contribution in [0.3, 0.4) is 0 Å². The van der Waals surface area contributed by atoms with Crippen molar-refractivity contribution in [1.29, 1.82) is 0 Å². The van der Waals surface area contributed by atoms with Gasteiger partial charge in [-0.05, 0) is 67.1 Å². The van der Waals surface area contributed by atoms with Crippen LogP contribution in [0, 0.1) is 5.82 Å². The highest BCUT2D eigenvalue weighted by Crippen LogP contribution is 2.22. The summed E-state index contributed by atoms with van der Waals surface area (Å²) >= 11 is 0. The predicted octanol–water partition coefficient (Wildman–Crippen LogP) is 4.32. The van der Waals surface area contributed by atoms with E-state index in [0.717, 1.165) is 24.0 Å². The highest BCUT2D eigenvalue weighted by Gasteiger charge is 2.30. The minimum Gasteiger partial charge on any atom is -0.355 e. The van der Waals surface area contributed by atoms with Gasteiger partial charge in [-0.1, -0.05) is 54.6 Å². The van der Waals surface area contributed by atoms with Crippen molar-refractivity contribution in [3.05, 3.63) is 101 Å². The molecule has 0 radical (unpaired) electrons. The fourth-order valence-corrected chi connectivity index (χ4v) is 6.45. The summed E-state index contributed by atoms with van der Waals surface area (Å²) < 4.78 is 40.8. The molecule has 0 aliphatic carbocycles. The zero-order chi connectivity index (χ0) is 28.5. The third kappa shape index (κ3) is 7.55. The zero-order valence-electron chi connectivity index (χ0n) is 22.8. The summed E-state index contributed by atoms with van der Waals surface area (Å²) in [5.41, 5.74) is 2.46. The molecule has 1 aliphatic rings. The van der Waals surface area contributed by atoms with Crippen molar-refractivity contribution in [2.75, 3.05) is 19.6 Å². The lowest BCUT2D eigenvalue weighted by Gasteiger charge is -2.31. The van der Waals surface area contributed by atoms with Crippen LogP contribution in [0.2, 0.25) is 0 Å². The van der Waals surface area contributed by atoms with Crippen molar-refractivity contribution in [2.24, 2.45) is 0 Å². The van der Waals surface area contributed by atoms with Gasteiger partial charge in [0.25, 0.3) is 0 Å². The van der Waals surface area contributed by atoms with Crippen molar-refractivity contribution in [2.45, 2.75) is 56.5 Å². The SMILES string of the molecule is CCNC(=O)[C@@H](Cc1ccccc1)N(Cc1ccc(F)cc1)C(=O)CCc1ccc(S(=O)(=O)N2CCCC2)cc1. The molecule has 4 rings (SSSR count). The van der Waals surface area contributed by atoms with Crippen LogP contribution in [0.15, 0.2) is 83.8 Å². The number of aryl methyl sites for hydroxylation is 1. The van der Waals surface area contributed by atoms with Gasteiger partial charge in [0.15, 0.2) is 0 Å². The molecule has 212 valence electrons. The molecule has 1 fully saturated rings. The Morgan fingerprint density at radius 1 is 0.900 bits per heavy atom. The number of halogens is 1. The van der Waals surface area contributed by atoms with Gasteiger partial charge in [-0.25, -0.2) is 12.8 Å². The first kappa shape index (κ1) is 29.4. The van der Waals surface area contributed by atoms with Gasteiger partial charge in [0, 0.05) is 39.0 Å². The van der Waals surface area contributed by atoms with E-state index in [2.05, 4.69) is 5.32 Å². The Kier molecular flexibility index (Phi) is 10.1. The van der Waals surface area contributed by atoms with Crippen LogP contribution < -0.4 is 5.32 Å². The molecular weight excluding hydrogens is 529 g/mol. The van der Waals surface area contributed by atoms with E-state index in [0.29, 0.717) is 38.0 Å². The molecule has 1 saturated heterocycles. The number of hydrogen-bond acceptors (Lipinski definition) is 4. The molecule has 2 amide bonds. The first-order chi connectivity index (χ1) is 19.3. The molecule has 1 N–H and O–H groups in total. The van der Waals surface area contributed by atoms with Crippen LogP contribution in [-0.4, -0.2) is 55.1 Å². The maximum absolute atomic E-state index is 13.7. The van der Waals surface area contributed by atoms with Crippen LogP contribution in [0.4, 0.5) is 4.39 Å². The van der Waals surface area contributed by atoms with Crippen molar-refractivity contribution >= 4 is 21.8 Å². The summed E-state index contributed by atoms with van der Waals surface area (Å²) in [7, 11) is -3.51. The maximum atomic E-state index is 13.7. The van der Waals surface area contributed by atoms with Crippen LogP contribution in [0.5, 0.6) is 0 Å². The van der Waals surface area contributed by atoms with Gasteiger partial charge in [0.05, 0.1) is 4.90 Å². The summed E-state index contributed by atoms with van der Waals surface area (Å²) in [4.78, 5) is 28.7. The van der Waals surface area contributed by atoms with Crippen LogP contribution in [0.25, 0.3) is 0 Å². The molecule has 0 aromatic heterocycles. The summed E-state index contributed by atoms with van der Waals surface area (Å²) in [6.07, 6.45) is 2.59. The maximum Gasteiger partial charge on any atom is 0.243 e. The monoisotopic (exact) mass is 565 g/mol. The molecule has 3 aromatic carbocycles. The van der Waals surface area contributed by atoms with Crippen molar-refractivity contribution < 1.29 is 22.4 Å². The predicted molar refractivity (Wildman–Crippen MR) is 152 cm³/mol. The normalized spacial score (nSPS) is 14.6. The first-order valence-corrected chi connectivity index (χ1v) is 15.2. The lowest BCUT2D eigenvalue weighted by molar-refractivity contribution is -0.141. The molecular formula is C31H36FN3O4S. The summed E-state index contributed by atoms with van der Waals surface area (Å²) in [6.45, 7) is 3.49. The minimum atomic E-state index is -3.51. The Morgan fingerprint density at radius 3 is 2.15 bits per heavy atom. The molecule has 1 aliphatic heterocycles. The number of carbonyl (C=O) groups is 2. The third-order valence-corrected chi connectivity index (χ3v) is 9.05. The van der Waals surface area contributed by atoms with E-state index in [1.807, 2.05) is 37.3 Å². The lowest BCUT2D eigenvalue weighted by atomic mass is 10.0. The largest absolute Gasteiger partial charge is 0.355 e. The number of amides is 2. The highest BCUT2D eigenvalue weighted by atomic mass is 32.2. The number of rotatable bonds is 12. The van der Waals surface area contributed by atoms with Crippen LogP contribution >= 0.6 is 0 Å². The summed E-state index contributed by atoms with van der Waals surface area (Å²) in [5.74, 6) is -0.843.